The van der Waals surface area contributed by atoms with E-state index in [2.05, 4.69) is 6.92 Å². The highest BCUT2D eigenvalue weighted by atomic mass is 16.5. The lowest BCUT2D eigenvalue weighted by atomic mass is 9.87. The Morgan fingerprint density at radius 2 is 2.00 bits per heavy atom. The van der Waals surface area contributed by atoms with Crippen molar-refractivity contribution in [3.8, 4) is 11.5 Å². The minimum Gasteiger partial charge on any atom is -0.493 e. The molecular formula is C15H20O4. The van der Waals surface area contributed by atoms with Crippen molar-refractivity contribution in [2.45, 2.75) is 38.0 Å². The second-order valence-corrected chi connectivity index (χ2v) is 5.03. The van der Waals surface area contributed by atoms with Crippen LogP contribution in [0.1, 0.15) is 37.3 Å². The van der Waals surface area contributed by atoms with Crippen LogP contribution in [0.5, 0.6) is 11.5 Å². The Kier molecular flexibility index (Phi) is 3.69. The molecule has 0 heterocycles. The van der Waals surface area contributed by atoms with E-state index in [1.807, 2.05) is 12.1 Å². The molecule has 4 heteroatoms. The van der Waals surface area contributed by atoms with Crippen molar-refractivity contribution in [3.05, 3.63) is 23.3 Å². The fourth-order valence-electron chi connectivity index (χ4n) is 2.82. The molecule has 0 spiro atoms. The quantitative estimate of drug-likeness (QED) is 0.858. The third-order valence-corrected chi connectivity index (χ3v) is 3.92. The normalized spacial score (nSPS) is 15.9. The van der Waals surface area contributed by atoms with Crippen LogP contribution >= 0.6 is 0 Å². The molecule has 0 atom stereocenters. The Hall–Kier alpha value is -1.71. The van der Waals surface area contributed by atoms with E-state index in [-0.39, 0.29) is 11.8 Å². The Labute approximate surface area is 113 Å². The van der Waals surface area contributed by atoms with Crippen LogP contribution in [0.15, 0.2) is 12.1 Å². The van der Waals surface area contributed by atoms with Gasteiger partial charge in [0.25, 0.3) is 0 Å². The number of carbonyl (C=O) groups is 1. The SMILES string of the molecule is CCc1c(C2(CC(=O)O)CC2)ccc(OC)c1OC. The predicted octanol–water partition coefficient (Wildman–Crippen LogP) is 2.77. The summed E-state index contributed by atoms with van der Waals surface area (Å²) in [6.45, 7) is 2.05. The lowest BCUT2D eigenvalue weighted by Gasteiger charge is -2.21. The van der Waals surface area contributed by atoms with E-state index in [1.165, 1.54) is 0 Å². The molecule has 0 unspecified atom stereocenters. The summed E-state index contributed by atoms with van der Waals surface area (Å²) < 4.78 is 10.8. The largest absolute Gasteiger partial charge is 0.493 e. The molecule has 4 nitrogen and oxygen atoms in total. The van der Waals surface area contributed by atoms with Gasteiger partial charge < -0.3 is 14.6 Å². The van der Waals surface area contributed by atoms with Crippen LogP contribution in [0.25, 0.3) is 0 Å². The van der Waals surface area contributed by atoms with Gasteiger partial charge in [-0.3, -0.25) is 4.79 Å². The van der Waals surface area contributed by atoms with Gasteiger partial charge in [-0.05, 0) is 30.9 Å². The lowest BCUT2D eigenvalue weighted by Crippen LogP contribution is -2.15. The molecule has 1 aromatic rings. The maximum Gasteiger partial charge on any atom is 0.304 e. The van der Waals surface area contributed by atoms with Crippen molar-refractivity contribution >= 4 is 5.97 Å². The minimum atomic E-state index is -0.741. The number of aliphatic carboxylic acids is 1. The molecule has 1 aromatic carbocycles. The van der Waals surface area contributed by atoms with Crippen molar-refractivity contribution in [1.29, 1.82) is 0 Å². The zero-order valence-electron chi connectivity index (χ0n) is 11.7. The van der Waals surface area contributed by atoms with E-state index in [0.717, 1.165) is 36.1 Å². The summed E-state index contributed by atoms with van der Waals surface area (Å²) in [5.41, 5.74) is 1.98. The first-order valence-corrected chi connectivity index (χ1v) is 6.54. The van der Waals surface area contributed by atoms with E-state index in [0.29, 0.717) is 5.75 Å². The zero-order chi connectivity index (χ0) is 14.0. The minimum absolute atomic E-state index is 0.190. The number of carboxylic acids is 1. The van der Waals surface area contributed by atoms with Gasteiger partial charge >= 0.3 is 5.97 Å². The molecular weight excluding hydrogens is 244 g/mol. The van der Waals surface area contributed by atoms with Gasteiger partial charge in [0.1, 0.15) is 0 Å². The summed E-state index contributed by atoms with van der Waals surface area (Å²) in [4.78, 5) is 11.0. The zero-order valence-corrected chi connectivity index (χ0v) is 11.7. The second kappa shape index (κ2) is 5.11. The standard InChI is InChI=1S/C15H20O4/c1-4-10-11(15(7-8-15)9-13(16)17)5-6-12(18-2)14(10)19-3/h5-6H,4,7-9H2,1-3H3,(H,16,17). The van der Waals surface area contributed by atoms with E-state index in [1.54, 1.807) is 14.2 Å². The number of hydrogen-bond acceptors (Lipinski definition) is 3. The Morgan fingerprint density at radius 1 is 1.32 bits per heavy atom. The van der Waals surface area contributed by atoms with Crippen LogP contribution in [0.2, 0.25) is 0 Å². The molecule has 0 radical (unpaired) electrons. The fraction of sp³-hybridized carbons (Fsp3) is 0.533. The van der Waals surface area contributed by atoms with E-state index in [4.69, 9.17) is 14.6 Å². The van der Waals surface area contributed by atoms with Crippen molar-refractivity contribution in [1.82, 2.24) is 0 Å². The molecule has 1 N–H and O–H groups in total. The topological polar surface area (TPSA) is 55.8 Å². The number of carboxylic acid groups (broad SMARTS) is 1. The molecule has 0 saturated heterocycles. The average Bonchev–Trinajstić information content (AvgIpc) is 3.16. The Bertz CT molecular complexity index is 489. The molecule has 0 amide bonds. The summed E-state index contributed by atoms with van der Waals surface area (Å²) >= 11 is 0. The van der Waals surface area contributed by atoms with Crippen LogP contribution in [-0.4, -0.2) is 25.3 Å². The van der Waals surface area contributed by atoms with Gasteiger partial charge in [-0.15, -0.1) is 0 Å². The first kappa shape index (κ1) is 13.7. The van der Waals surface area contributed by atoms with Crippen molar-refractivity contribution < 1.29 is 19.4 Å². The predicted molar refractivity (Wildman–Crippen MR) is 72.1 cm³/mol. The van der Waals surface area contributed by atoms with Gasteiger partial charge in [0.05, 0.1) is 20.6 Å². The molecule has 19 heavy (non-hydrogen) atoms. The molecule has 104 valence electrons. The first-order chi connectivity index (χ1) is 9.07. The van der Waals surface area contributed by atoms with Gasteiger partial charge in [0, 0.05) is 11.0 Å². The second-order valence-electron chi connectivity index (χ2n) is 5.03. The van der Waals surface area contributed by atoms with Crippen LogP contribution < -0.4 is 9.47 Å². The molecule has 1 aliphatic carbocycles. The molecule has 1 saturated carbocycles. The van der Waals surface area contributed by atoms with Crippen molar-refractivity contribution in [3.63, 3.8) is 0 Å². The highest BCUT2D eigenvalue weighted by Crippen LogP contribution is 2.54. The molecule has 0 aliphatic heterocycles. The maximum atomic E-state index is 11.0. The highest BCUT2D eigenvalue weighted by Gasteiger charge is 2.47. The summed E-state index contributed by atoms with van der Waals surface area (Å²) in [5, 5.41) is 9.09. The number of rotatable bonds is 6. The van der Waals surface area contributed by atoms with E-state index < -0.39 is 5.97 Å². The average molecular weight is 264 g/mol. The molecule has 0 aromatic heterocycles. The fourth-order valence-corrected chi connectivity index (χ4v) is 2.82. The van der Waals surface area contributed by atoms with E-state index >= 15 is 0 Å². The molecule has 0 bridgehead atoms. The third-order valence-electron chi connectivity index (χ3n) is 3.92. The summed E-state index contributed by atoms with van der Waals surface area (Å²) in [5.74, 6) is 0.697. The first-order valence-electron chi connectivity index (χ1n) is 6.54. The summed E-state index contributed by atoms with van der Waals surface area (Å²) in [7, 11) is 3.23. The lowest BCUT2D eigenvalue weighted by molar-refractivity contribution is -0.137. The number of ether oxygens (including phenoxy) is 2. The maximum absolute atomic E-state index is 11.0. The Morgan fingerprint density at radius 3 is 2.42 bits per heavy atom. The number of hydrogen-bond donors (Lipinski definition) is 1. The van der Waals surface area contributed by atoms with Gasteiger partial charge in [0.2, 0.25) is 0 Å². The van der Waals surface area contributed by atoms with Crippen LogP contribution in [0, 0.1) is 0 Å². The van der Waals surface area contributed by atoms with E-state index in [9.17, 15) is 4.79 Å². The van der Waals surface area contributed by atoms with Gasteiger partial charge in [-0.1, -0.05) is 13.0 Å². The van der Waals surface area contributed by atoms with Gasteiger partial charge in [-0.2, -0.15) is 0 Å². The number of methoxy groups -OCH3 is 2. The van der Waals surface area contributed by atoms with Crippen molar-refractivity contribution in [2.24, 2.45) is 0 Å². The third kappa shape index (κ3) is 2.39. The van der Waals surface area contributed by atoms with Gasteiger partial charge in [-0.25, -0.2) is 0 Å². The summed E-state index contributed by atoms with van der Waals surface area (Å²) in [6.07, 6.45) is 2.86. The van der Waals surface area contributed by atoms with Crippen molar-refractivity contribution in [2.75, 3.05) is 14.2 Å². The monoisotopic (exact) mass is 264 g/mol. The molecule has 1 aliphatic rings. The van der Waals surface area contributed by atoms with Crippen LogP contribution in [-0.2, 0) is 16.6 Å². The highest BCUT2D eigenvalue weighted by molar-refractivity contribution is 5.71. The number of benzene rings is 1. The van der Waals surface area contributed by atoms with Crippen LogP contribution in [0.4, 0.5) is 0 Å². The Balaban J connectivity index is 2.49. The smallest absolute Gasteiger partial charge is 0.304 e. The van der Waals surface area contributed by atoms with Crippen LogP contribution in [0.3, 0.4) is 0 Å². The summed E-state index contributed by atoms with van der Waals surface area (Å²) in [6, 6.07) is 3.87. The van der Waals surface area contributed by atoms with Gasteiger partial charge in [0.15, 0.2) is 11.5 Å². The molecule has 1 fully saturated rings. The molecule has 2 rings (SSSR count).